The quantitative estimate of drug-likeness (QED) is 0.256. The lowest BCUT2D eigenvalue weighted by Gasteiger charge is -2.37. The predicted molar refractivity (Wildman–Crippen MR) is 133 cm³/mol. The summed E-state index contributed by atoms with van der Waals surface area (Å²) in [5.41, 5.74) is 1.08. The zero-order valence-corrected chi connectivity index (χ0v) is 20.9. The van der Waals surface area contributed by atoms with Crippen molar-refractivity contribution in [3.63, 3.8) is 0 Å². The number of halogens is 2. The van der Waals surface area contributed by atoms with Gasteiger partial charge in [0.2, 0.25) is 0 Å². The number of anilines is 1. The molecule has 31 heavy (non-hydrogen) atoms. The molecule has 0 bridgehead atoms. The monoisotopic (exact) mass is 547 g/mol. The summed E-state index contributed by atoms with van der Waals surface area (Å²) in [6, 6.07) is 6.74. The number of nitrogens with zero attached hydrogens (tertiary/aromatic N) is 4. The highest BCUT2D eigenvalue weighted by Crippen LogP contribution is 2.19. The molecule has 0 saturated carbocycles. The average Bonchev–Trinajstić information content (AvgIpc) is 2.78. The van der Waals surface area contributed by atoms with Crippen molar-refractivity contribution < 1.29 is 13.9 Å². The molecular formula is C22H35FIN5O2. The molecule has 2 aliphatic heterocycles. The van der Waals surface area contributed by atoms with Gasteiger partial charge in [-0.25, -0.2) is 4.39 Å². The largest absolute Gasteiger partial charge is 0.466 e. The molecule has 7 nitrogen and oxygen atoms in total. The number of piperidine rings is 1. The van der Waals surface area contributed by atoms with Crippen molar-refractivity contribution in [1.82, 2.24) is 15.1 Å². The summed E-state index contributed by atoms with van der Waals surface area (Å²) in [6.07, 6.45) is 1.62. The van der Waals surface area contributed by atoms with E-state index in [0.29, 0.717) is 6.61 Å². The Kier molecular flexibility index (Phi) is 10.8. The van der Waals surface area contributed by atoms with Gasteiger partial charge in [-0.05, 0) is 44.0 Å². The first-order chi connectivity index (χ1) is 14.6. The number of nitrogens with one attached hydrogen (secondary N) is 1. The molecule has 1 N–H and O–H groups in total. The first kappa shape index (κ1) is 25.6. The third kappa shape index (κ3) is 7.48. The molecular weight excluding hydrogens is 512 g/mol. The smallest absolute Gasteiger partial charge is 0.309 e. The van der Waals surface area contributed by atoms with Gasteiger partial charge >= 0.3 is 5.97 Å². The molecule has 174 valence electrons. The molecule has 9 heteroatoms. The van der Waals surface area contributed by atoms with E-state index in [-0.39, 0.29) is 41.7 Å². The van der Waals surface area contributed by atoms with E-state index in [0.717, 1.165) is 76.8 Å². The summed E-state index contributed by atoms with van der Waals surface area (Å²) in [4.78, 5) is 23.3. The molecule has 3 rings (SSSR count). The number of hydrogen-bond donors (Lipinski definition) is 1. The maximum absolute atomic E-state index is 13.1. The highest BCUT2D eigenvalue weighted by molar-refractivity contribution is 14.0. The van der Waals surface area contributed by atoms with Crippen LogP contribution in [-0.2, 0) is 9.53 Å². The third-order valence-corrected chi connectivity index (χ3v) is 5.90. The van der Waals surface area contributed by atoms with Crippen molar-refractivity contribution in [3.05, 3.63) is 30.1 Å². The van der Waals surface area contributed by atoms with Gasteiger partial charge in [-0.15, -0.1) is 24.0 Å². The van der Waals surface area contributed by atoms with E-state index in [9.17, 15) is 9.18 Å². The molecule has 0 aliphatic carbocycles. The molecule has 0 spiro atoms. The standard InChI is InChI=1S/C22H34FN5O2.HI/c1-3-30-21(29)18-8-11-28(12-9-18)22(24-2)25-10-13-26-14-16-27(17-15-26)20-6-4-19(23)5-7-20;/h4-7,18H,3,8-17H2,1-2H3,(H,24,25);1H. The second kappa shape index (κ2) is 13.0. The highest BCUT2D eigenvalue weighted by Gasteiger charge is 2.27. The van der Waals surface area contributed by atoms with Crippen molar-refractivity contribution in [2.75, 3.05) is 70.9 Å². The molecule has 2 fully saturated rings. The number of piperazine rings is 1. The number of hydrogen-bond acceptors (Lipinski definition) is 5. The second-order valence-electron chi connectivity index (χ2n) is 7.79. The number of likely N-dealkylation sites (tertiary alicyclic amines) is 1. The van der Waals surface area contributed by atoms with E-state index in [4.69, 9.17) is 4.74 Å². The maximum atomic E-state index is 13.1. The van der Waals surface area contributed by atoms with Gasteiger partial charge in [0.05, 0.1) is 12.5 Å². The zero-order valence-electron chi connectivity index (χ0n) is 18.6. The molecule has 0 aromatic heterocycles. The Bertz CT molecular complexity index is 702. The molecule has 0 amide bonds. The Labute approximate surface area is 202 Å². The van der Waals surface area contributed by atoms with Crippen LogP contribution in [0, 0.1) is 11.7 Å². The minimum absolute atomic E-state index is 0. The molecule has 1 aromatic rings. The molecule has 2 saturated heterocycles. The fourth-order valence-electron chi connectivity index (χ4n) is 4.13. The van der Waals surface area contributed by atoms with Crippen LogP contribution in [0.3, 0.4) is 0 Å². The van der Waals surface area contributed by atoms with E-state index < -0.39 is 0 Å². The van der Waals surface area contributed by atoms with E-state index in [1.807, 2.05) is 19.1 Å². The molecule has 1 aromatic carbocycles. The lowest BCUT2D eigenvalue weighted by Crippen LogP contribution is -2.51. The van der Waals surface area contributed by atoms with Gasteiger partial charge in [-0.3, -0.25) is 14.7 Å². The second-order valence-corrected chi connectivity index (χ2v) is 7.79. The summed E-state index contributed by atoms with van der Waals surface area (Å²) in [7, 11) is 1.81. The van der Waals surface area contributed by atoms with Crippen LogP contribution in [0.1, 0.15) is 19.8 Å². The van der Waals surface area contributed by atoms with Gasteiger partial charge in [0, 0.05) is 65.1 Å². The lowest BCUT2D eigenvalue weighted by atomic mass is 9.97. The lowest BCUT2D eigenvalue weighted by molar-refractivity contribution is -0.149. The number of rotatable bonds is 6. The summed E-state index contributed by atoms with van der Waals surface area (Å²) in [5.74, 6) is 0.654. The summed E-state index contributed by atoms with van der Waals surface area (Å²) in [6.45, 7) is 9.59. The van der Waals surface area contributed by atoms with Crippen molar-refractivity contribution in [2.24, 2.45) is 10.9 Å². The van der Waals surface area contributed by atoms with E-state index in [2.05, 4.69) is 25.0 Å². The summed E-state index contributed by atoms with van der Waals surface area (Å²) in [5, 5.41) is 3.47. The van der Waals surface area contributed by atoms with Crippen LogP contribution >= 0.6 is 24.0 Å². The van der Waals surface area contributed by atoms with Gasteiger partial charge in [-0.1, -0.05) is 0 Å². The van der Waals surface area contributed by atoms with Crippen LogP contribution in [0.2, 0.25) is 0 Å². The normalized spacial score (nSPS) is 18.5. The number of guanidine groups is 1. The number of esters is 1. The fraction of sp³-hybridized carbons (Fsp3) is 0.636. The Morgan fingerprint density at radius 1 is 1.13 bits per heavy atom. The maximum Gasteiger partial charge on any atom is 0.309 e. The Balaban J connectivity index is 0.00000341. The first-order valence-corrected chi connectivity index (χ1v) is 11.0. The number of carbonyl (C=O) groups excluding carboxylic acids is 1. The third-order valence-electron chi connectivity index (χ3n) is 5.90. The van der Waals surface area contributed by atoms with Crippen LogP contribution in [0.5, 0.6) is 0 Å². The van der Waals surface area contributed by atoms with Crippen LogP contribution in [0.15, 0.2) is 29.3 Å². The minimum atomic E-state index is -0.193. The van der Waals surface area contributed by atoms with E-state index in [1.165, 1.54) is 12.1 Å². The number of ether oxygens (including phenoxy) is 1. The zero-order chi connectivity index (χ0) is 21.3. The van der Waals surface area contributed by atoms with Crippen LogP contribution in [-0.4, -0.2) is 87.7 Å². The number of carbonyl (C=O) groups is 1. The summed E-state index contributed by atoms with van der Waals surface area (Å²) < 4.78 is 18.3. The molecule has 0 atom stereocenters. The van der Waals surface area contributed by atoms with Crippen LogP contribution in [0.4, 0.5) is 10.1 Å². The Hall–Kier alpha value is -1.62. The van der Waals surface area contributed by atoms with Crippen LogP contribution < -0.4 is 10.2 Å². The van der Waals surface area contributed by atoms with Crippen molar-refractivity contribution in [3.8, 4) is 0 Å². The van der Waals surface area contributed by atoms with Crippen LogP contribution in [0.25, 0.3) is 0 Å². The fourth-order valence-corrected chi connectivity index (χ4v) is 4.13. The first-order valence-electron chi connectivity index (χ1n) is 11.0. The molecule has 0 radical (unpaired) electrons. The van der Waals surface area contributed by atoms with Gasteiger partial charge in [0.1, 0.15) is 5.82 Å². The highest BCUT2D eigenvalue weighted by atomic mass is 127. The van der Waals surface area contributed by atoms with Crippen molar-refractivity contribution in [2.45, 2.75) is 19.8 Å². The van der Waals surface area contributed by atoms with Gasteiger partial charge in [0.25, 0.3) is 0 Å². The Morgan fingerprint density at radius 2 is 1.77 bits per heavy atom. The summed E-state index contributed by atoms with van der Waals surface area (Å²) >= 11 is 0. The van der Waals surface area contributed by atoms with Gasteiger partial charge in [-0.2, -0.15) is 0 Å². The molecule has 0 unspecified atom stereocenters. The number of benzene rings is 1. The number of aliphatic imine (C=N–C) groups is 1. The average molecular weight is 547 g/mol. The topological polar surface area (TPSA) is 60.4 Å². The van der Waals surface area contributed by atoms with Gasteiger partial charge < -0.3 is 19.9 Å². The minimum Gasteiger partial charge on any atom is -0.466 e. The SMILES string of the molecule is CCOC(=O)C1CCN(C(=NC)NCCN2CCN(c3ccc(F)cc3)CC2)CC1.I. The molecule has 2 aliphatic rings. The van der Waals surface area contributed by atoms with Crippen molar-refractivity contribution >= 4 is 41.6 Å². The van der Waals surface area contributed by atoms with Crippen molar-refractivity contribution in [1.29, 1.82) is 0 Å². The predicted octanol–water partition coefficient (Wildman–Crippen LogP) is 2.42. The van der Waals surface area contributed by atoms with E-state index in [1.54, 1.807) is 7.05 Å². The van der Waals surface area contributed by atoms with Gasteiger partial charge in [0.15, 0.2) is 5.96 Å². The molecule has 2 heterocycles. The van der Waals surface area contributed by atoms with E-state index >= 15 is 0 Å². The Morgan fingerprint density at radius 3 is 2.35 bits per heavy atom.